The lowest BCUT2D eigenvalue weighted by atomic mass is 10.0. The van der Waals surface area contributed by atoms with Gasteiger partial charge >= 0.3 is 0 Å². The molecule has 0 atom stereocenters. The molecule has 3 heteroatoms. The van der Waals surface area contributed by atoms with E-state index in [0.29, 0.717) is 22.6 Å². The highest BCUT2D eigenvalue weighted by molar-refractivity contribution is 5.77. The fraction of sp³-hybridized carbons (Fsp3) is 0.0769. The molecular weight excluding hydrogens is 205 g/mol. The normalized spacial score (nSPS) is 10.1. The van der Waals surface area contributed by atoms with Gasteiger partial charge in [0.2, 0.25) is 0 Å². The fourth-order valence-electron chi connectivity index (χ4n) is 1.58. The van der Waals surface area contributed by atoms with Gasteiger partial charge in [-0.05, 0) is 24.3 Å². The summed E-state index contributed by atoms with van der Waals surface area (Å²) in [7, 11) is 1.55. The maximum Gasteiger partial charge on any atom is 0.131 e. The number of anilines is 1. The van der Waals surface area contributed by atoms with Gasteiger partial charge in [0.15, 0.2) is 0 Å². The predicted molar refractivity (Wildman–Crippen MR) is 62.8 cm³/mol. The lowest BCUT2D eigenvalue weighted by molar-refractivity contribution is 0.414. The molecule has 2 rings (SSSR count). The van der Waals surface area contributed by atoms with Gasteiger partial charge in [-0.2, -0.15) is 0 Å². The number of hydrogen-bond acceptors (Lipinski definition) is 2. The van der Waals surface area contributed by atoms with Crippen LogP contribution in [0, 0.1) is 5.82 Å². The summed E-state index contributed by atoms with van der Waals surface area (Å²) < 4.78 is 18.7. The van der Waals surface area contributed by atoms with Crippen molar-refractivity contribution in [2.24, 2.45) is 0 Å². The van der Waals surface area contributed by atoms with Crippen molar-refractivity contribution >= 4 is 5.69 Å². The summed E-state index contributed by atoms with van der Waals surface area (Å²) in [5.41, 5.74) is 7.49. The van der Waals surface area contributed by atoms with Gasteiger partial charge in [0, 0.05) is 16.8 Å². The van der Waals surface area contributed by atoms with Crippen LogP contribution in [0.15, 0.2) is 42.5 Å². The SMILES string of the molecule is COc1ccc(F)c(-c2ccccc2N)c1. The van der Waals surface area contributed by atoms with E-state index in [2.05, 4.69) is 0 Å². The van der Waals surface area contributed by atoms with Crippen LogP contribution in [0.3, 0.4) is 0 Å². The van der Waals surface area contributed by atoms with Crippen molar-refractivity contribution in [3.63, 3.8) is 0 Å². The minimum atomic E-state index is -0.307. The van der Waals surface area contributed by atoms with Gasteiger partial charge in [-0.25, -0.2) is 4.39 Å². The van der Waals surface area contributed by atoms with Crippen LogP contribution in [-0.2, 0) is 0 Å². The largest absolute Gasteiger partial charge is 0.497 e. The van der Waals surface area contributed by atoms with Gasteiger partial charge < -0.3 is 10.5 Å². The average molecular weight is 217 g/mol. The molecular formula is C13H12FNO. The first-order valence-corrected chi connectivity index (χ1v) is 4.91. The number of nitrogens with two attached hydrogens (primary N) is 1. The Bertz CT molecular complexity index is 511. The van der Waals surface area contributed by atoms with Crippen LogP contribution in [0.2, 0.25) is 0 Å². The summed E-state index contributed by atoms with van der Waals surface area (Å²) in [5.74, 6) is 0.304. The highest BCUT2D eigenvalue weighted by atomic mass is 19.1. The molecule has 0 aliphatic heterocycles. The van der Waals surface area contributed by atoms with Crippen LogP contribution in [0.1, 0.15) is 0 Å². The number of benzene rings is 2. The molecule has 0 aromatic heterocycles. The molecule has 16 heavy (non-hydrogen) atoms. The first kappa shape index (κ1) is 10.5. The highest BCUT2D eigenvalue weighted by Crippen LogP contribution is 2.30. The summed E-state index contributed by atoms with van der Waals surface area (Å²) in [6.45, 7) is 0. The zero-order valence-electron chi connectivity index (χ0n) is 8.91. The van der Waals surface area contributed by atoms with Gasteiger partial charge in [-0.3, -0.25) is 0 Å². The summed E-state index contributed by atoms with van der Waals surface area (Å²) in [6.07, 6.45) is 0. The smallest absolute Gasteiger partial charge is 0.131 e. The summed E-state index contributed by atoms with van der Waals surface area (Å²) in [6, 6.07) is 11.8. The molecule has 0 aliphatic carbocycles. The Morgan fingerprint density at radius 1 is 1.06 bits per heavy atom. The predicted octanol–water partition coefficient (Wildman–Crippen LogP) is 3.08. The second-order valence-corrected chi connectivity index (χ2v) is 3.43. The topological polar surface area (TPSA) is 35.2 Å². The lowest BCUT2D eigenvalue weighted by Gasteiger charge is -2.08. The van der Waals surface area contributed by atoms with E-state index in [1.165, 1.54) is 6.07 Å². The van der Waals surface area contributed by atoms with Gasteiger partial charge in [0.1, 0.15) is 11.6 Å². The number of para-hydroxylation sites is 1. The molecule has 0 saturated heterocycles. The molecule has 0 spiro atoms. The van der Waals surface area contributed by atoms with Gasteiger partial charge in [0.25, 0.3) is 0 Å². The van der Waals surface area contributed by atoms with Crippen LogP contribution in [0.5, 0.6) is 5.75 Å². The number of halogens is 1. The minimum absolute atomic E-state index is 0.307. The Morgan fingerprint density at radius 2 is 1.81 bits per heavy atom. The van der Waals surface area contributed by atoms with E-state index in [-0.39, 0.29) is 5.82 Å². The first-order chi connectivity index (χ1) is 7.72. The molecule has 2 N–H and O–H groups in total. The van der Waals surface area contributed by atoms with Crippen molar-refractivity contribution in [2.45, 2.75) is 0 Å². The molecule has 0 amide bonds. The zero-order valence-corrected chi connectivity index (χ0v) is 8.91. The number of ether oxygens (including phenoxy) is 1. The van der Waals surface area contributed by atoms with Gasteiger partial charge in [-0.15, -0.1) is 0 Å². The molecule has 0 fully saturated rings. The Hall–Kier alpha value is -2.03. The second kappa shape index (κ2) is 4.23. The Balaban J connectivity index is 2.59. The fourth-order valence-corrected chi connectivity index (χ4v) is 1.58. The van der Waals surface area contributed by atoms with Gasteiger partial charge in [-0.1, -0.05) is 18.2 Å². The molecule has 2 aromatic carbocycles. The minimum Gasteiger partial charge on any atom is -0.497 e. The summed E-state index contributed by atoms with van der Waals surface area (Å²) in [4.78, 5) is 0. The molecule has 0 aliphatic rings. The quantitative estimate of drug-likeness (QED) is 0.784. The average Bonchev–Trinajstić information content (AvgIpc) is 2.31. The monoisotopic (exact) mass is 217 g/mol. The number of nitrogen functional groups attached to an aromatic ring is 1. The molecule has 0 bridgehead atoms. The van der Waals surface area contributed by atoms with E-state index in [1.807, 2.05) is 12.1 Å². The van der Waals surface area contributed by atoms with E-state index in [1.54, 1.807) is 31.4 Å². The molecule has 0 unspecified atom stereocenters. The van der Waals surface area contributed by atoms with E-state index < -0.39 is 0 Å². The second-order valence-electron chi connectivity index (χ2n) is 3.43. The van der Waals surface area contributed by atoms with Crippen LogP contribution in [-0.4, -0.2) is 7.11 Å². The third-order valence-electron chi connectivity index (χ3n) is 2.42. The third-order valence-corrected chi connectivity index (χ3v) is 2.42. The van der Waals surface area contributed by atoms with Crippen molar-refractivity contribution in [3.8, 4) is 16.9 Å². The molecule has 0 saturated carbocycles. The summed E-state index contributed by atoms with van der Waals surface area (Å²) in [5, 5.41) is 0. The maximum absolute atomic E-state index is 13.7. The van der Waals surface area contributed by atoms with Crippen molar-refractivity contribution in [1.29, 1.82) is 0 Å². The zero-order chi connectivity index (χ0) is 11.5. The lowest BCUT2D eigenvalue weighted by Crippen LogP contribution is -1.93. The maximum atomic E-state index is 13.7. The van der Waals surface area contributed by atoms with E-state index in [0.717, 1.165) is 0 Å². The Labute approximate surface area is 93.5 Å². The summed E-state index contributed by atoms with van der Waals surface area (Å²) >= 11 is 0. The molecule has 82 valence electrons. The number of hydrogen-bond donors (Lipinski definition) is 1. The van der Waals surface area contributed by atoms with Gasteiger partial charge in [0.05, 0.1) is 7.11 Å². The van der Waals surface area contributed by atoms with Crippen LogP contribution in [0.4, 0.5) is 10.1 Å². The third kappa shape index (κ3) is 1.84. The van der Waals surface area contributed by atoms with Crippen molar-refractivity contribution in [1.82, 2.24) is 0 Å². The van der Waals surface area contributed by atoms with Crippen molar-refractivity contribution in [3.05, 3.63) is 48.3 Å². The number of rotatable bonds is 2. The standard InChI is InChI=1S/C13H12FNO/c1-16-9-6-7-12(14)11(8-9)10-4-2-3-5-13(10)15/h2-8H,15H2,1H3. The van der Waals surface area contributed by atoms with Crippen molar-refractivity contribution < 1.29 is 9.13 Å². The van der Waals surface area contributed by atoms with E-state index >= 15 is 0 Å². The Kier molecular flexibility index (Phi) is 2.77. The van der Waals surface area contributed by atoms with E-state index in [4.69, 9.17) is 10.5 Å². The molecule has 2 aromatic rings. The highest BCUT2D eigenvalue weighted by Gasteiger charge is 2.08. The van der Waals surface area contributed by atoms with E-state index in [9.17, 15) is 4.39 Å². The molecule has 0 heterocycles. The van der Waals surface area contributed by atoms with Crippen LogP contribution in [0.25, 0.3) is 11.1 Å². The van der Waals surface area contributed by atoms with Crippen molar-refractivity contribution in [2.75, 3.05) is 12.8 Å². The van der Waals surface area contributed by atoms with Crippen LogP contribution >= 0.6 is 0 Å². The molecule has 2 nitrogen and oxygen atoms in total. The molecule has 0 radical (unpaired) electrons. The van der Waals surface area contributed by atoms with Crippen LogP contribution < -0.4 is 10.5 Å². The Morgan fingerprint density at radius 3 is 2.50 bits per heavy atom. The number of methoxy groups -OCH3 is 1. The first-order valence-electron chi connectivity index (χ1n) is 4.91.